The SMILES string of the molecule is C=C[C@@H]1CC(=O)NCC2=NC(=CC2)C2=N[C@@](C)(CS2)C(=O)N[C@@H](C(C)C)C(=O)O1. The van der Waals surface area contributed by atoms with E-state index >= 15 is 0 Å². The molecule has 0 saturated carbocycles. The minimum absolute atomic E-state index is 0.0398. The van der Waals surface area contributed by atoms with Crippen LogP contribution in [0.15, 0.2) is 34.4 Å². The summed E-state index contributed by atoms with van der Waals surface area (Å²) in [4.78, 5) is 47.1. The Bertz CT molecular complexity index is 832. The number of hydrogen-bond acceptors (Lipinski definition) is 7. The van der Waals surface area contributed by atoms with Crippen molar-refractivity contribution >= 4 is 40.3 Å². The van der Waals surface area contributed by atoms with Crippen molar-refractivity contribution in [1.82, 2.24) is 10.6 Å². The molecule has 0 saturated heterocycles. The predicted octanol–water partition coefficient (Wildman–Crippen LogP) is 1.38. The zero-order valence-electron chi connectivity index (χ0n) is 16.9. The van der Waals surface area contributed by atoms with Crippen LogP contribution in [0.5, 0.6) is 0 Å². The van der Waals surface area contributed by atoms with Crippen molar-refractivity contribution in [3.63, 3.8) is 0 Å². The lowest BCUT2D eigenvalue weighted by atomic mass is 10.0. The molecule has 3 heterocycles. The van der Waals surface area contributed by atoms with E-state index in [1.807, 2.05) is 19.9 Å². The van der Waals surface area contributed by atoms with Crippen LogP contribution in [0.4, 0.5) is 0 Å². The van der Waals surface area contributed by atoms with Crippen molar-refractivity contribution in [1.29, 1.82) is 0 Å². The van der Waals surface area contributed by atoms with Crippen molar-refractivity contribution in [2.24, 2.45) is 15.9 Å². The van der Waals surface area contributed by atoms with Crippen LogP contribution in [-0.2, 0) is 19.1 Å². The summed E-state index contributed by atoms with van der Waals surface area (Å²) in [5.41, 5.74) is 0.552. The summed E-state index contributed by atoms with van der Waals surface area (Å²) in [5.74, 6) is -0.934. The van der Waals surface area contributed by atoms with Gasteiger partial charge in [0, 0.05) is 17.9 Å². The quantitative estimate of drug-likeness (QED) is 0.520. The first kappa shape index (κ1) is 21.3. The minimum atomic E-state index is -0.990. The number of carbonyl (C=O) groups is 3. The van der Waals surface area contributed by atoms with Gasteiger partial charge in [-0.05, 0) is 12.8 Å². The third kappa shape index (κ3) is 4.77. The number of rotatable bonds is 2. The van der Waals surface area contributed by atoms with E-state index in [2.05, 4.69) is 27.2 Å². The Labute approximate surface area is 174 Å². The van der Waals surface area contributed by atoms with Crippen molar-refractivity contribution in [3.05, 3.63) is 24.4 Å². The summed E-state index contributed by atoms with van der Waals surface area (Å²) >= 11 is 1.46. The number of nitrogens with zero attached hydrogens (tertiary/aromatic N) is 2. The van der Waals surface area contributed by atoms with Crippen LogP contribution >= 0.6 is 11.8 Å². The maximum absolute atomic E-state index is 13.0. The summed E-state index contributed by atoms with van der Waals surface area (Å²) in [7, 11) is 0. The number of carbonyl (C=O) groups excluding carboxylic acids is 3. The second-order valence-corrected chi connectivity index (χ2v) is 8.80. The molecule has 3 aliphatic rings. The monoisotopic (exact) mass is 418 g/mol. The van der Waals surface area contributed by atoms with Gasteiger partial charge < -0.3 is 15.4 Å². The molecule has 2 amide bonds. The van der Waals surface area contributed by atoms with Gasteiger partial charge in [0.15, 0.2) is 0 Å². The second-order valence-electron chi connectivity index (χ2n) is 7.84. The van der Waals surface area contributed by atoms with E-state index in [1.165, 1.54) is 17.8 Å². The summed E-state index contributed by atoms with van der Waals surface area (Å²) in [5, 5.41) is 6.30. The molecule has 0 aliphatic carbocycles. The highest BCUT2D eigenvalue weighted by Crippen LogP contribution is 2.33. The van der Waals surface area contributed by atoms with Crippen LogP contribution in [0.1, 0.15) is 33.6 Å². The molecule has 0 aromatic carbocycles. The normalized spacial score (nSPS) is 30.8. The number of ether oxygens (including phenoxy) is 1. The lowest BCUT2D eigenvalue weighted by molar-refractivity contribution is -0.153. The van der Waals surface area contributed by atoms with Gasteiger partial charge in [-0.15, -0.1) is 11.8 Å². The van der Waals surface area contributed by atoms with Gasteiger partial charge >= 0.3 is 5.97 Å². The Morgan fingerprint density at radius 1 is 1.38 bits per heavy atom. The van der Waals surface area contributed by atoms with Gasteiger partial charge in [-0.1, -0.05) is 32.6 Å². The molecule has 3 atom stereocenters. The van der Waals surface area contributed by atoms with Crippen molar-refractivity contribution in [2.45, 2.75) is 51.3 Å². The molecule has 9 heteroatoms. The van der Waals surface area contributed by atoms with Gasteiger partial charge in [-0.2, -0.15) is 0 Å². The number of aliphatic imine (C=N–C) groups is 2. The highest BCUT2D eigenvalue weighted by molar-refractivity contribution is 8.14. The lowest BCUT2D eigenvalue weighted by Crippen LogP contribution is -2.53. The third-order valence-corrected chi connectivity index (χ3v) is 6.25. The average molecular weight is 419 g/mol. The van der Waals surface area contributed by atoms with Gasteiger partial charge in [0.1, 0.15) is 22.7 Å². The Morgan fingerprint density at radius 2 is 2.14 bits per heavy atom. The summed E-state index contributed by atoms with van der Waals surface area (Å²) in [6.45, 7) is 9.35. The van der Waals surface area contributed by atoms with Gasteiger partial charge in [0.2, 0.25) is 11.8 Å². The summed E-state index contributed by atoms with van der Waals surface area (Å²) in [6, 6.07) is -0.850. The van der Waals surface area contributed by atoms with Crippen molar-refractivity contribution < 1.29 is 19.1 Å². The minimum Gasteiger partial charge on any atom is -0.456 e. The smallest absolute Gasteiger partial charge is 0.329 e. The number of amides is 2. The Kier molecular flexibility index (Phi) is 6.26. The molecule has 4 bridgehead atoms. The fourth-order valence-electron chi connectivity index (χ4n) is 3.11. The third-order valence-electron chi connectivity index (χ3n) is 4.97. The molecule has 156 valence electrons. The van der Waals surface area contributed by atoms with Crippen LogP contribution < -0.4 is 10.6 Å². The van der Waals surface area contributed by atoms with Gasteiger partial charge in [0.25, 0.3) is 0 Å². The molecule has 0 unspecified atom stereocenters. The first-order chi connectivity index (χ1) is 13.7. The highest BCUT2D eigenvalue weighted by Gasteiger charge is 2.42. The van der Waals surface area contributed by atoms with Crippen LogP contribution in [0.2, 0.25) is 0 Å². The van der Waals surface area contributed by atoms with Crippen LogP contribution in [0.3, 0.4) is 0 Å². The largest absolute Gasteiger partial charge is 0.456 e. The zero-order chi connectivity index (χ0) is 21.2. The topological polar surface area (TPSA) is 109 Å². The fourth-order valence-corrected chi connectivity index (χ4v) is 4.27. The number of fused-ring (bicyclic) bond motifs is 3. The standard InChI is InChI=1S/C20H26N4O4S/c1-5-13-8-15(25)21-9-12-6-7-14(22-12)17-24-20(4,10-29-17)19(27)23-16(11(2)3)18(26)28-13/h5,7,11,13,16H,1,6,8-10H2,2-4H3,(H,21,25)(H,23,27)/t13-,16+,20+/m1/s1. The number of cyclic esters (lactones) is 1. The highest BCUT2D eigenvalue weighted by atomic mass is 32.2. The average Bonchev–Trinajstić information content (AvgIpc) is 3.30. The van der Waals surface area contributed by atoms with Crippen LogP contribution in [0, 0.1) is 5.92 Å². The maximum atomic E-state index is 13.0. The molecular formula is C20H26N4O4S. The number of esters is 1. The van der Waals surface area contributed by atoms with E-state index in [1.54, 1.807) is 6.92 Å². The molecule has 29 heavy (non-hydrogen) atoms. The van der Waals surface area contributed by atoms with E-state index in [0.717, 1.165) is 11.4 Å². The molecule has 2 N–H and O–H groups in total. The summed E-state index contributed by atoms with van der Waals surface area (Å²) < 4.78 is 5.45. The van der Waals surface area contributed by atoms with E-state index < -0.39 is 23.7 Å². The van der Waals surface area contributed by atoms with E-state index in [4.69, 9.17) is 4.74 Å². The van der Waals surface area contributed by atoms with Crippen molar-refractivity contribution in [3.8, 4) is 0 Å². The number of hydrogen-bond donors (Lipinski definition) is 2. The van der Waals surface area contributed by atoms with Crippen LogP contribution in [-0.4, -0.2) is 58.5 Å². The zero-order valence-corrected chi connectivity index (χ0v) is 17.7. The van der Waals surface area contributed by atoms with Gasteiger partial charge in [-0.3, -0.25) is 19.6 Å². The summed E-state index contributed by atoms with van der Waals surface area (Å²) in [6.07, 6.45) is 3.16. The Morgan fingerprint density at radius 3 is 2.83 bits per heavy atom. The number of allylic oxidation sites excluding steroid dienone is 1. The second kappa shape index (κ2) is 8.52. The molecule has 0 radical (unpaired) electrons. The Hall–Kier alpha value is -2.42. The maximum Gasteiger partial charge on any atom is 0.329 e. The Balaban J connectivity index is 1.91. The van der Waals surface area contributed by atoms with E-state index in [-0.39, 0.29) is 24.2 Å². The molecule has 0 aromatic heterocycles. The number of nitrogens with one attached hydrogen (secondary N) is 2. The van der Waals surface area contributed by atoms with E-state index in [0.29, 0.717) is 23.8 Å². The molecular weight excluding hydrogens is 392 g/mol. The fraction of sp³-hybridized carbons (Fsp3) is 0.550. The first-order valence-electron chi connectivity index (χ1n) is 9.62. The molecule has 3 rings (SSSR count). The first-order valence-corrected chi connectivity index (χ1v) is 10.6. The predicted molar refractivity (Wildman–Crippen MR) is 113 cm³/mol. The molecule has 0 aromatic rings. The van der Waals surface area contributed by atoms with Gasteiger partial charge in [-0.25, -0.2) is 4.79 Å². The number of thioether (sulfide) groups is 1. The molecule has 3 aliphatic heterocycles. The lowest BCUT2D eigenvalue weighted by Gasteiger charge is -2.27. The molecule has 0 fully saturated rings. The van der Waals surface area contributed by atoms with E-state index in [9.17, 15) is 14.4 Å². The molecule has 0 spiro atoms. The molecule has 8 nitrogen and oxygen atoms in total. The van der Waals surface area contributed by atoms with Gasteiger partial charge in [0.05, 0.1) is 18.7 Å². The van der Waals surface area contributed by atoms with Crippen LogP contribution in [0.25, 0.3) is 0 Å². The van der Waals surface area contributed by atoms with Crippen molar-refractivity contribution in [2.75, 3.05) is 12.3 Å².